The summed E-state index contributed by atoms with van der Waals surface area (Å²) in [5, 5.41) is 55.7. The minimum Gasteiger partial charge on any atom is -0.395 e. The normalized spacial score (nSPS) is 15.1. The number of aliphatic hydroxyl groups excluding tert-OH is 4. The second kappa shape index (κ2) is 28.9. The van der Waals surface area contributed by atoms with Gasteiger partial charge in [0.15, 0.2) is 0 Å². The molecule has 0 saturated carbocycles. The average Bonchev–Trinajstić information content (AvgIpc) is 3.71. The van der Waals surface area contributed by atoms with Crippen LogP contribution in [-0.4, -0.2) is 73.0 Å². The number of rotatable bonds is 30. The summed E-state index contributed by atoms with van der Waals surface area (Å²) in [6.45, 7) is 11.3. The fourth-order valence-electron chi connectivity index (χ4n) is 10.7. The van der Waals surface area contributed by atoms with Gasteiger partial charge in [-0.15, -0.1) is 0 Å². The molecule has 0 fully saturated rings. The third-order valence-electron chi connectivity index (χ3n) is 15.0. The highest BCUT2D eigenvalue weighted by atomic mass is 16.3. The van der Waals surface area contributed by atoms with E-state index in [-0.39, 0.29) is 31.8 Å². The molecule has 394 valence electrons. The molecule has 75 heavy (non-hydrogen) atoms. The molecule has 0 spiro atoms. The van der Waals surface area contributed by atoms with Crippen LogP contribution < -0.4 is 9.80 Å². The highest BCUT2D eigenvalue weighted by Gasteiger charge is 2.45. The number of azo groups is 2. The van der Waals surface area contributed by atoms with Crippen LogP contribution in [0.1, 0.15) is 125 Å². The van der Waals surface area contributed by atoms with E-state index in [2.05, 4.69) is 133 Å². The Bertz CT molecular complexity index is 2580. The minimum atomic E-state index is -0.113. The van der Waals surface area contributed by atoms with Crippen LogP contribution in [-0.2, 0) is 5.41 Å². The molecule has 1 aliphatic rings. The first-order chi connectivity index (χ1) is 36.8. The van der Waals surface area contributed by atoms with Crippen molar-refractivity contribution in [3.63, 3.8) is 0 Å². The summed E-state index contributed by atoms with van der Waals surface area (Å²) in [5.74, 6) is 1.24. The van der Waals surface area contributed by atoms with E-state index in [0.29, 0.717) is 38.0 Å². The Labute approximate surface area is 447 Å². The second-order valence-electron chi connectivity index (χ2n) is 20.1. The minimum absolute atomic E-state index is 0.0177. The zero-order valence-electron chi connectivity index (χ0n) is 44.9. The fraction of sp³-hybridized carbons (Fsp3) is 0.385. The van der Waals surface area contributed by atoms with Crippen molar-refractivity contribution in [2.75, 3.05) is 62.4 Å². The number of aliphatic hydroxyl groups is 4. The molecule has 0 aliphatic heterocycles. The maximum atomic E-state index is 9.43. The average molecular weight is 1010 g/mol. The van der Waals surface area contributed by atoms with Crippen molar-refractivity contribution >= 4 is 58.4 Å². The highest BCUT2D eigenvalue weighted by molar-refractivity contribution is 5.85. The maximum absolute atomic E-state index is 9.43. The van der Waals surface area contributed by atoms with E-state index < -0.39 is 0 Å². The molecule has 2 atom stereocenters. The molecule has 0 saturated heterocycles. The molecule has 4 N–H and O–H groups in total. The molecule has 10 heteroatoms. The maximum Gasteiger partial charge on any atom is 0.0858 e. The number of hydrogen-bond donors (Lipinski definition) is 4. The van der Waals surface area contributed by atoms with Crippen molar-refractivity contribution in [1.29, 1.82) is 0 Å². The molecule has 7 rings (SSSR count). The molecule has 6 aromatic rings. The largest absolute Gasteiger partial charge is 0.395 e. The number of unbranched alkanes of at least 4 members (excludes halogenated alkanes) is 2. The van der Waals surface area contributed by atoms with E-state index in [9.17, 15) is 20.4 Å². The van der Waals surface area contributed by atoms with E-state index in [0.717, 1.165) is 58.1 Å². The van der Waals surface area contributed by atoms with Gasteiger partial charge in [0.1, 0.15) is 0 Å². The van der Waals surface area contributed by atoms with Crippen LogP contribution in [0, 0.1) is 11.8 Å². The first-order valence-electron chi connectivity index (χ1n) is 27.6. The van der Waals surface area contributed by atoms with Gasteiger partial charge < -0.3 is 30.2 Å². The van der Waals surface area contributed by atoms with Gasteiger partial charge in [-0.05, 0) is 142 Å². The molecule has 0 bridgehead atoms. The molecule has 10 nitrogen and oxygen atoms in total. The number of fused-ring (bicyclic) bond motifs is 3. The lowest BCUT2D eigenvalue weighted by atomic mass is 9.65. The van der Waals surface area contributed by atoms with Gasteiger partial charge in [-0.1, -0.05) is 164 Å². The Morgan fingerprint density at radius 1 is 0.413 bits per heavy atom. The van der Waals surface area contributed by atoms with E-state index in [1.54, 1.807) is 0 Å². The molecular weight excluding hydrogens is 929 g/mol. The monoisotopic (exact) mass is 1010 g/mol. The van der Waals surface area contributed by atoms with Gasteiger partial charge in [0.2, 0.25) is 0 Å². The summed E-state index contributed by atoms with van der Waals surface area (Å²) in [6, 6.07) is 46.1. The standard InChI is InChI=1S/C65H80N6O4/c1-5-9-11-49(7-3)47-65(48-50(8-4)12-10-6-2)63-45-53(15-13-51-17-23-55(24-18-51)66-68-57-27-31-59(32-28-57)70(37-41-72)38-42-73)21-35-61(63)62-36-22-54(46-64(62)65)16-14-52-19-25-56(26-20-52)67-69-58-29-33-60(34-30-58)71(39-43-74)40-44-75/h13-36,45-46,49-50,72-75H,5-12,37-44,47-48H2,1-4H3/b15-13+,16-14+,68-66?,69-67?. The fourth-order valence-corrected chi connectivity index (χ4v) is 10.7. The van der Waals surface area contributed by atoms with Crippen LogP contribution in [0.15, 0.2) is 154 Å². The second-order valence-corrected chi connectivity index (χ2v) is 20.1. The number of benzene rings is 6. The Kier molecular flexibility index (Phi) is 21.7. The number of anilines is 2. The van der Waals surface area contributed by atoms with Gasteiger partial charge in [0, 0.05) is 43.0 Å². The topological polar surface area (TPSA) is 137 Å². The SMILES string of the molecule is CCCCC(CC)CC1(CC(CC)CCCC)c2cc(/C=C/c3ccc(N=Nc4ccc(N(CCO)CCO)cc4)cc3)ccc2-c2ccc(/C=C/c3ccc(N=Nc4ccc(N(CCO)CCO)cc4)cc3)cc21. The van der Waals surface area contributed by atoms with Gasteiger partial charge in [-0.25, -0.2) is 0 Å². The first kappa shape index (κ1) is 56.2. The van der Waals surface area contributed by atoms with Crippen molar-refractivity contribution in [1.82, 2.24) is 0 Å². The van der Waals surface area contributed by atoms with Gasteiger partial charge >= 0.3 is 0 Å². The predicted octanol–water partition coefficient (Wildman–Crippen LogP) is 15.9. The van der Waals surface area contributed by atoms with Crippen LogP contribution in [0.2, 0.25) is 0 Å². The van der Waals surface area contributed by atoms with Crippen LogP contribution >= 0.6 is 0 Å². The highest BCUT2D eigenvalue weighted by Crippen LogP contribution is 2.57. The van der Waals surface area contributed by atoms with Crippen molar-refractivity contribution in [3.05, 3.63) is 167 Å². The zero-order chi connectivity index (χ0) is 52.8. The van der Waals surface area contributed by atoms with Crippen molar-refractivity contribution in [2.24, 2.45) is 32.3 Å². The van der Waals surface area contributed by atoms with Crippen molar-refractivity contribution < 1.29 is 20.4 Å². The van der Waals surface area contributed by atoms with Crippen LogP contribution in [0.3, 0.4) is 0 Å². The van der Waals surface area contributed by atoms with E-state index in [1.165, 1.54) is 84.7 Å². The Hall–Kier alpha value is -6.56. The molecule has 0 amide bonds. The molecule has 0 aromatic heterocycles. The van der Waals surface area contributed by atoms with Gasteiger partial charge in [0.05, 0.1) is 49.2 Å². The lowest BCUT2D eigenvalue weighted by Crippen LogP contribution is -2.31. The van der Waals surface area contributed by atoms with Gasteiger partial charge in [-0.2, -0.15) is 20.5 Å². The summed E-state index contributed by atoms with van der Waals surface area (Å²) in [6.07, 6.45) is 21.0. The third kappa shape index (κ3) is 15.3. The summed E-state index contributed by atoms with van der Waals surface area (Å²) >= 11 is 0. The van der Waals surface area contributed by atoms with E-state index in [1.807, 2.05) is 82.6 Å². The van der Waals surface area contributed by atoms with Gasteiger partial charge in [-0.3, -0.25) is 0 Å². The van der Waals surface area contributed by atoms with Crippen molar-refractivity contribution in [3.8, 4) is 11.1 Å². The molecular formula is C65H80N6O4. The van der Waals surface area contributed by atoms with Crippen LogP contribution in [0.25, 0.3) is 35.4 Å². The van der Waals surface area contributed by atoms with Crippen molar-refractivity contribution in [2.45, 2.75) is 97.3 Å². The Morgan fingerprint density at radius 2 is 0.720 bits per heavy atom. The number of nitrogens with zero attached hydrogens (tertiary/aromatic N) is 6. The van der Waals surface area contributed by atoms with E-state index in [4.69, 9.17) is 0 Å². The van der Waals surface area contributed by atoms with Gasteiger partial charge in [0.25, 0.3) is 0 Å². The van der Waals surface area contributed by atoms with E-state index >= 15 is 0 Å². The Balaban J connectivity index is 1.14. The van der Waals surface area contributed by atoms with Crippen LogP contribution in [0.5, 0.6) is 0 Å². The lowest BCUT2D eigenvalue weighted by Gasteiger charge is -2.39. The first-order valence-corrected chi connectivity index (χ1v) is 27.6. The molecule has 2 unspecified atom stereocenters. The summed E-state index contributed by atoms with van der Waals surface area (Å²) in [5.41, 5.74) is 15.0. The molecule has 1 aliphatic carbocycles. The molecule has 6 aromatic carbocycles. The Morgan fingerprint density at radius 3 is 1.03 bits per heavy atom. The predicted molar refractivity (Wildman–Crippen MR) is 313 cm³/mol. The third-order valence-corrected chi connectivity index (χ3v) is 15.0. The summed E-state index contributed by atoms with van der Waals surface area (Å²) in [7, 11) is 0. The summed E-state index contributed by atoms with van der Waals surface area (Å²) in [4.78, 5) is 3.88. The smallest absolute Gasteiger partial charge is 0.0858 e. The quantitative estimate of drug-likeness (QED) is 0.0262. The molecule has 0 heterocycles. The van der Waals surface area contributed by atoms with Crippen LogP contribution in [0.4, 0.5) is 34.1 Å². The lowest BCUT2D eigenvalue weighted by molar-refractivity contribution is 0.266. The zero-order valence-corrected chi connectivity index (χ0v) is 44.9. The number of hydrogen-bond acceptors (Lipinski definition) is 10. The summed E-state index contributed by atoms with van der Waals surface area (Å²) < 4.78 is 0. The molecule has 0 radical (unpaired) electrons.